The van der Waals surface area contributed by atoms with Gasteiger partial charge in [0.25, 0.3) is 0 Å². The summed E-state index contributed by atoms with van der Waals surface area (Å²) in [4.78, 5) is 8.57. The Kier molecular flexibility index (Phi) is 6.78. The van der Waals surface area contributed by atoms with E-state index < -0.39 is 0 Å². The highest BCUT2D eigenvalue weighted by Gasteiger charge is 2.30. The SMILES string of the molecule is CCNC(=NCc1sccc1C)N1CCC(C)(C)C1.I. The number of aryl methyl sites for hydroxylation is 1. The van der Waals surface area contributed by atoms with Gasteiger partial charge in [0, 0.05) is 24.5 Å². The molecule has 114 valence electrons. The van der Waals surface area contributed by atoms with Crippen molar-refractivity contribution in [1.82, 2.24) is 10.2 Å². The topological polar surface area (TPSA) is 27.6 Å². The van der Waals surface area contributed by atoms with Crippen molar-refractivity contribution in [2.24, 2.45) is 10.4 Å². The first kappa shape index (κ1) is 17.8. The third-order valence-corrected chi connectivity index (χ3v) is 4.66. The lowest BCUT2D eigenvalue weighted by atomic mass is 9.93. The van der Waals surface area contributed by atoms with Crippen molar-refractivity contribution in [2.75, 3.05) is 19.6 Å². The van der Waals surface area contributed by atoms with Crippen molar-refractivity contribution < 1.29 is 0 Å². The number of likely N-dealkylation sites (tertiary alicyclic amines) is 1. The lowest BCUT2D eigenvalue weighted by molar-refractivity contribution is 0.370. The predicted molar refractivity (Wildman–Crippen MR) is 99.3 cm³/mol. The number of hydrogen-bond donors (Lipinski definition) is 1. The van der Waals surface area contributed by atoms with Crippen molar-refractivity contribution in [3.8, 4) is 0 Å². The molecule has 0 unspecified atom stereocenters. The molecule has 0 aliphatic carbocycles. The van der Waals surface area contributed by atoms with Crippen LogP contribution >= 0.6 is 35.3 Å². The van der Waals surface area contributed by atoms with E-state index in [1.165, 1.54) is 16.9 Å². The molecule has 2 heterocycles. The summed E-state index contributed by atoms with van der Waals surface area (Å²) >= 11 is 1.80. The Morgan fingerprint density at radius 3 is 2.75 bits per heavy atom. The Morgan fingerprint density at radius 1 is 1.50 bits per heavy atom. The Labute approximate surface area is 143 Å². The van der Waals surface area contributed by atoms with Gasteiger partial charge in [0.1, 0.15) is 0 Å². The van der Waals surface area contributed by atoms with Crippen LogP contribution in [0.25, 0.3) is 0 Å². The van der Waals surface area contributed by atoms with Gasteiger partial charge < -0.3 is 10.2 Å². The van der Waals surface area contributed by atoms with E-state index in [4.69, 9.17) is 4.99 Å². The van der Waals surface area contributed by atoms with Gasteiger partial charge in [0.15, 0.2) is 5.96 Å². The van der Waals surface area contributed by atoms with E-state index >= 15 is 0 Å². The molecule has 2 rings (SSSR count). The van der Waals surface area contributed by atoms with Gasteiger partial charge in [-0.25, -0.2) is 4.99 Å². The van der Waals surface area contributed by atoms with Crippen LogP contribution in [0.1, 0.15) is 37.6 Å². The summed E-state index contributed by atoms with van der Waals surface area (Å²) in [7, 11) is 0. The molecular weight excluding hydrogens is 381 g/mol. The van der Waals surface area contributed by atoms with Crippen LogP contribution in [0.3, 0.4) is 0 Å². The molecule has 5 heteroatoms. The summed E-state index contributed by atoms with van der Waals surface area (Å²) in [5, 5.41) is 5.57. The molecule has 1 saturated heterocycles. The number of thiophene rings is 1. The number of aliphatic imine (C=N–C) groups is 1. The quantitative estimate of drug-likeness (QED) is 0.468. The second kappa shape index (κ2) is 7.64. The van der Waals surface area contributed by atoms with Crippen molar-refractivity contribution in [1.29, 1.82) is 0 Å². The molecule has 1 aromatic rings. The van der Waals surface area contributed by atoms with Gasteiger partial charge in [-0.05, 0) is 42.7 Å². The number of halogens is 1. The molecule has 1 fully saturated rings. The van der Waals surface area contributed by atoms with Gasteiger partial charge in [-0.3, -0.25) is 0 Å². The smallest absolute Gasteiger partial charge is 0.194 e. The maximum atomic E-state index is 4.81. The minimum absolute atomic E-state index is 0. The Morgan fingerprint density at radius 2 is 2.25 bits per heavy atom. The fourth-order valence-electron chi connectivity index (χ4n) is 2.43. The lowest BCUT2D eigenvalue weighted by Crippen LogP contribution is -2.40. The fourth-order valence-corrected chi connectivity index (χ4v) is 3.26. The first-order valence-corrected chi connectivity index (χ1v) is 7.96. The summed E-state index contributed by atoms with van der Waals surface area (Å²) in [6, 6.07) is 2.17. The van der Waals surface area contributed by atoms with Crippen LogP contribution in [-0.2, 0) is 6.54 Å². The van der Waals surface area contributed by atoms with Crippen LogP contribution in [0.15, 0.2) is 16.4 Å². The molecule has 1 aliphatic heterocycles. The normalized spacial score (nSPS) is 18.0. The molecule has 20 heavy (non-hydrogen) atoms. The van der Waals surface area contributed by atoms with Crippen LogP contribution in [0.2, 0.25) is 0 Å². The molecule has 1 N–H and O–H groups in total. The minimum Gasteiger partial charge on any atom is -0.357 e. The highest BCUT2D eigenvalue weighted by molar-refractivity contribution is 14.0. The average molecular weight is 407 g/mol. The molecule has 1 aromatic heterocycles. The van der Waals surface area contributed by atoms with Crippen molar-refractivity contribution in [2.45, 2.75) is 40.7 Å². The highest BCUT2D eigenvalue weighted by atomic mass is 127. The van der Waals surface area contributed by atoms with E-state index in [0.717, 1.165) is 32.1 Å². The van der Waals surface area contributed by atoms with Crippen LogP contribution in [0.4, 0.5) is 0 Å². The minimum atomic E-state index is 0. The third kappa shape index (κ3) is 4.62. The zero-order chi connectivity index (χ0) is 13.9. The number of nitrogens with zero attached hydrogens (tertiary/aromatic N) is 2. The van der Waals surface area contributed by atoms with E-state index in [1.807, 2.05) is 0 Å². The van der Waals surface area contributed by atoms with Crippen LogP contribution in [-0.4, -0.2) is 30.5 Å². The van der Waals surface area contributed by atoms with E-state index in [1.54, 1.807) is 11.3 Å². The van der Waals surface area contributed by atoms with Crippen molar-refractivity contribution in [3.63, 3.8) is 0 Å². The highest BCUT2D eigenvalue weighted by Crippen LogP contribution is 2.28. The van der Waals surface area contributed by atoms with Crippen LogP contribution < -0.4 is 5.32 Å². The van der Waals surface area contributed by atoms with Crippen LogP contribution in [0.5, 0.6) is 0 Å². The molecule has 0 radical (unpaired) electrons. The number of nitrogens with one attached hydrogen (secondary N) is 1. The molecule has 0 bridgehead atoms. The van der Waals surface area contributed by atoms with E-state index in [-0.39, 0.29) is 24.0 Å². The summed E-state index contributed by atoms with van der Waals surface area (Å²) in [5.41, 5.74) is 1.76. The number of rotatable bonds is 3. The standard InChI is InChI=1S/C15H25N3S.HI/c1-5-16-14(18-8-7-15(3,4)11-18)17-10-13-12(2)6-9-19-13;/h6,9H,5,7-8,10-11H2,1-4H3,(H,16,17);1H. The number of guanidine groups is 1. The van der Waals surface area contributed by atoms with E-state index in [0.29, 0.717) is 5.41 Å². The van der Waals surface area contributed by atoms with Gasteiger partial charge >= 0.3 is 0 Å². The van der Waals surface area contributed by atoms with Gasteiger partial charge in [-0.2, -0.15) is 0 Å². The maximum absolute atomic E-state index is 4.81. The summed E-state index contributed by atoms with van der Waals surface area (Å²) < 4.78 is 0. The molecule has 0 saturated carbocycles. The fraction of sp³-hybridized carbons (Fsp3) is 0.667. The Balaban J connectivity index is 0.00000200. The zero-order valence-corrected chi connectivity index (χ0v) is 16.0. The van der Waals surface area contributed by atoms with Crippen LogP contribution in [0, 0.1) is 12.3 Å². The molecule has 0 atom stereocenters. The molecule has 1 aliphatic rings. The summed E-state index contributed by atoms with van der Waals surface area (Å²) in [6.07, 6.45) is 1.25. The van der Waals surface area contributed by atoms with Gasteiger partial charge in [-0.15, -0.1) is 35.3 Å². The van der Waals surface area contributed by atoms with Crippen molar-refractivity contribution >= 4 is 41.3 Å². The van der Waals surface area contributed by atoms with Gasteiger partial charge in [0.2, 0.25) is 0 Å². The average Bonchev–Trinajstić information content (AvgIpc) is 2.91. The lowest BCUT2D eigenvalue weighted by Gasteiger charge is -2.23. The maximum Gasteiger partial charge on any atom is 0.194 e. The molecule has 0 amide bonds. The largest absolute Gasteiger partial charge is 0.357 e. The zero-order valence-electron chi connectivity index (χ0n) is 12.9. The summed E-state index contributed by atoms with van der Waals surface area (Å²) in [5.74, 6) is 1.07. The summed E-state index contributed by atoms with van der Waals surface area (Å²) in [6.45, 7) is 12.9. The Hall–Kier alpha value is -0.300. The van der Waals surface area contributed by atoms with Gasteiger partial charge in [0.05, 0.1) is 6.54 Å². The van der Waals surface area contributed by atoms with E-state index in [9.17, 15) is 0 Å². The second-order valence-corrected chi connectivity index (χ2v) is 7.03. The van der Waals surface area contributed by atoms with E-state index in [2.05, 4.69) is 49.4 Å². The molecule has 0 aromatic carbocycles. The number of hydrogen-bond acceptors (Lipinski definition) is 2. The predicted octanol–water partition coefficient (Wildman–Crippen LogP) is 3.87. The molecule has 0 spiro atoms. The second-order valence-electron chi connectivity index (χ2n) is 6.03. The first-order chi connectivity index (χ1) is 9.02. The monoisotopic (exact) mass is 407 g/mol. The van der Waals surface area contributed by atoms with Gasteiger partial charge in [-0.1, -0.05) is 13.8 Å². The third-order valence-electron chi connectivity index (χ3n) is 3.65. The Bertz CT molecular complexity index is 454. The molecular formula is C15H26IN3S. The van der Waals surface area contributed by atoms with Crippen molar-refractivity contribution in [3.05, 3.63) is 21.9 Å². The first-order valence-electron chi connectivity index (χ1n) is 7.08. The molecule has 3 nitrogen and oxygen atoms in total.